The fraction of sp³-hybridized carbons (Fsp3) is 0.571. The van der Waals surface area contributed by atoms with Gasteiger partial charge in [-0.25, -0.2) is 4.39 Å². The van der Waals surface area contributed by atoms with Crippen LogP contribution in [0.25, 0.3) is 0 Å². The summed E-state index contributed by atoms with van der Waals surface area (Å²) in [6, 6.07) is 6.95. The zero-order valence-electron chi connectivity index (χ0n) is 10.3. The Labute approximate surface area is 102 Å². The van der Waals surface area contributed by atoms with Crippen LogP contribution in [0.5, 0.6) is 5.75 Å². The number of rotatable bonds is 5. The lowest BCUT2D eigenvalue weighted by molar-refractivity contribution is 0.210. The average Bonchev–Trinajstić information content (AvgIpc) is 2.79. The molecule has 2 nitrogen and oxygen atoms in total. The van der Waals surface area contributed by atoms with Crippen molar-refractivity contribution in [3.05, 3.63) is 30.1 Å². The van der Waals surface area contributed by atoms with Crippen LogP contribution in [0.3, 0.4) is 0 Å². The first-order chi connectivity index (χ1) is 8.24. The molecule has 2 rings (SSSR count). The van der Waals surface area contributed by atoms with Crippen LogP contribution < -0.4 is 10.1 Å². The molecule has 0 radical (unpaired) electrons. The van der Waals surface area contributed by atoms with Crippen molar-refractivity contribution in [2.75, 3.05) is 6.54 Å². The van der Waals surface area contributed by atoms with Gasteiger partial charge >= 0.3 is 0 Å². The second-order valence-corrected chi connectivity index (χ2v) is 4.78. The summed E-state index contributed by atoms with van der Waals surface area (Å²) >= 11 is 0. The summed E-state index contributed by atoms with van der Waals surface area (Å²) in [6.07, 6.45) is 5.27. The molecule has 17 heavy (non-hydrogen) atoms. The summed E-state index contributed by atoms with van der Waals surface area (Å²) < 4.78 is 18.6. The number of ether oxygens (including phenoxy) is 1. The molecule has 1 aromatic carbocycles. The van der Waals surface area contributed by atoms with Gasteiger partial charge in [-0.15, -0.1) is 0 Å². The van der Waals surface area contributed by atoms with E-state index in [4.69, 9.17) is 4.74 Å². The molecule has 0 saturated heterocycles. The van der Waals surface area contributed by atoms with Gasteiger partial charge in [0, 0.05) is 18.7 Å². The van der Waals surface area contributed by atoms with E-state index < -0.39 is 0 Å². The molecule has 0 aromatic heterocycles. The summed E-state index contributed by atoms with van der Waals surface area (Å²) in [5.74, 6) is 0.351. The number of halogens is 1. The van der Waals surface area contributed by atoms with Crippen molar-refractivity contribution in [2.24, 2.45) is 0 Å². The Morgan fingerprint density at radius 3 is 2.88 bits per heavy atom. The molecule has 1 aromatic rings. The van der Waals surface area contributed by atoms with Gasteiger partial charge in [0.15, 0.2) is 0 Å². The van der Waals surface area contributed by atoms with Crippen molar-refractivity contribution in [3.63, 3.8) is 0 Å². The Hall–Kier alpha value is -1.09. The first kappa shape index (κ1) is 12.4. The standard InChI is InChI=1S/C14H20FNO/c1-11(10-16-13-6-2-3-7-13)17-14-8-4-5-12(15)9-14/h4-5,8-9,11,13,16H,2-3,6-7,10H2,1H3. The predicted molar refractivity (Wildman–Crippen MR) is 66.7 cm³/mol. The van der Waals surface area contributed by atoms with Crippen LogP contribution >= 0.6 is 0 Å². The second kappa shape index (κ2) is 6.01. The first-order valence-corrected chi connectivity index (χ1v) is 6.39. The fourth-order valence-electron chi connectivity index (χ4n) is 2.28. The number of hydrogen-bond acceptors (Lipinski definition) is 2. The third-order valence-corrected chi connectivity index (χ3v) is 3.18. The molecule has 1 aliphatic rings. The minimum absolute atomic E-state index is 0.0670. The summed E-state index contributed by atoms with van der Waals surface area (Å²) in [5, 5.41) is 3.50. The van der Waals surface area contributed by atoms with Gasteiger partial charge in [-0.3, -0.25) is 0 Å². The van der Waals surface area contributed by atoms with Crippen LogP contribution in [0.2, 0.25) is 0 Å². The molecule has 1 unspecified atom stereocenters. The van der Waals surface area contributed by atoms with Crippen LogP contribution in [0.15, 0.2) is 24.3 Å². The summed E-state index contributed by atoms with van der Waals surface area (Å²) in [5.41, 5.74) is 0. The quantitative estimate of drug-likeness (QED) is 0.849. The monoisotopic (exact) mass is 237 g/mol. The molecule has 0 heterocycles. The number of hydrogen-bond donors (Lipinski definition) is 1. The van der Waals surface area contributed by atoms with Crippen molar-refractivity contribution >= 4 is 0 Å². The normalized spacial score (nSPS) is 18.2. The van der Waals surface area contributed by atoms with Gasteiger partial charge < -0.3 is 10.1 Å². The van der Waals surface area contributed by atoms with E-state index in [2.05, 4.69) is 5.32 Å². The molecule has 0 aliphatic heterocycles. The zero-order valence-corrected chi connectivity index (χ0v) is 10.3. The number of nitrogens with one attached hydrogen (secondary N) is 1. The van der Waals surface area contributed by atoms with Crippen molar-refractivity contribution in [1.82, 2.24) is 5.32 Å². The molecule has 1 N–H and O–H groups in total. The van der Waals surface area contributed by atoms with Gasteiger partial charge in [-0.2, -0.15) is 0 Å². The van der Waals surface area contributed by atoms with E-state index in [1.165, 1.54) is 37.8 Å². The largest absolute Gasteiger partial charge is 0.489 e. The zero-order chi connectivity index (χ0) is 12.1. The molecule has 94 valence electrons. The van der Waals surface area contributed by atoms with Gasteiger partial charge in [0.1, 0.15) is 17.7 Å². The Morgan fingerprint density at radius 2 is 2.18 bits per heavy atom. The van der Waals surface area contributed by atoms with Gasteiger partial charge in [-0.1, -0.05) is 18.9 Å². The summed E-state index contributed by atoms with van der Waals surface area (Å²) in [4.78, 5) is 0. The Balaban J connectivity index is 1.74. The van der Waals surface area contributed by atoms with Crippen LogP contribution in [-0.4, -0.2) is 18.7 Å². The topological polar surface area (TPSA) is 21.3 Å². The fourth-order valence-corrected chi connectivity index (χ4v) is 2.28. The molecule has 0 spiro atoms. The van der Waals surface area contributed by atoms with Crippen molar-refractivity contribution < 1.29 is 9.13 Å². The molecule has 1 fully saturated rings. The molecule has 1 aliphatic carbocycles. The van der Waals surface area contributed by atoms with Crippen molar-refractivity contribution in [1.29, 1.82) is 0 Å². The summed E-state index contributed by atoms with van der Waals surface area (Å²) in [7, 11) is 0. The van der Waals surface area contributed by atoms with Gasteiger partial charge in [0.05, 0.1) is 0 Å². The molecule has 3 heteroatoms. The van der Waals surface area contributed by atoms with Crippen molar-refractivity contribution in [3.8, 4) is 5.75 Å². The highest BCUT2D eigenvalue weighted by molar-refractivity contribution is 5.22. The first-order valence-electron chi connectivity index (χ1n) is 6.39. The van der Waals surface area contributed by atoms with E-state index in [9.17, 15) is 4.39 Å². The van der Waals surface area contributed by atoms with E-state index in [1.807, 2.05) is 6.92 Å². The lowest BCUT2D eigenvalue weighted by Crippen LogP contribution is -2.35. The van der Waals surface area contributed by atoms with Crippen LogP contribution in [0.4, 0.5) is 4.39 Å². The highest BCUT2D eigenvalue weighted by Gasteiger charge is 2.15. The maximum atomic E-state index is 13.0. The highest BCUT2D eigenvalue weighted by atomic mass is 19.1. The van der Waals surface area contributed by atoms with Crippen LogP contribution in [0, 0.1) is 5.82 Å². The lowest BCUT2D eigenvalue weighted by Gasteiger charge is -2.18. The minimum atomic E-state index is -0.251. The molecule has 1 atom stereocenters. The molecular formula is C14H20FNO. The Morgan fingerprint density at radius 1 is 1.41 bits per heavy atom. The van der Waals surface area contributed by atoms with E-state index in [1.54, 1.807) is 12.1 Å². The molecule has 1 saturated carbocycles. The van der Waals surface area contributed by atoms with Crippen LogP contribution in [-0.2, 0) is 0 Å². The average molecular weight is 237 g/mol. The highest BCUT2D eigenvalue weighted by Crippen LogP contribution is 2.18. The van der Waals surface area contributed by atoms with Crippen LogP contribution in [0.1, 0.15) is 32.6 Å². The Kier molecular flexibility index (Phi) is 4.37. The van der Waals surface area contributed by atoms with Gasteiger partial charge in [-0.05, 0) is 31.9 Å². The third-order valence-electron chi connectivity index (χ3n) is 3.18. The third kappa shape index (κ3) is 4.00. The van der Waals surface area contributed by atoms with Crippen molar-refractivity contribution in [2.45, 2.75) is 44.8 Å². The van der Waals surface area contributed by atoms with E-state index >= 15 is 0 Å². The lowest BCUT2D eigenvalue weighted by atomic mass is 10.2. The smallest absolute Gasteiger partial charge is 0.126 e. The maximum Gasteiger partial charge on any atom is 0.126 e. The SMILES string of the molecule is CC(CNC1CCCC1)Oc1cccc(F)c1. The molecule has 0 bridgehead atoms. The van der Waals surface area contributed by atoms with E-state index in [0.29, 0.717) is 11.8 Å². The second-order valence-electron chi connectivity index (χ2n) is 4.78. The Bertz CT molecular complexity index is 350. The van der Waals surface area contributed by atoms with Gasteiger partial charge in [0.25, 0.3) is 0 Å². The summed E-state index contributed by atoms with van der Waals surface area (Å²) in [6.45, 7) is 2.83. The predicted octanol–water partition coefficient (Wildman–Crippen LogP) is 3.13. The van der Waals surface area contributed by atoms with E-state index in [0.717, 1.165) is 6.54 Å². The minimum Gasteiger partial charge on any atom is -0.489 e. The molecular weight excluding hydrogens is 217 g/mol. The molecule has 0 amide bonds. The maximum absolute atomic E-state index is 13.0. The van der Waals surface area contributed by atoms with E-state index in [-0.39, 0.29) is 11.9 Å². The number of benzene rings is 1. The van der Waals surface area contributed by atoms with Gasteiger partial charge in [0.2, 0.25) is 0 Å².